The predicted molar refractivity (Wildman–Crippen MR) is 87.9 cm³/mol. The van der Waals surface area contributed by atoms with Crippen molar-refractivity contribution in [1.29, 1.82) is 0 Å². The second kappa shape index (κ2) is 5.84. The van der Waals surface area contributed by atoms with Crippen molar-refractivity contribution >= 4 is 28.5 Å². The lowest BCUT2D eigenvalue weighted by Crippen LogP contribution is -2.25. The number of H-pyrrole nitrogens is 1. The second-order valence-electron chi connectivity index (χ2n) is 5.59. The summed E-state index contributed by atoms with van der Waals surface area (Å²) < 4.78 is 10.0. The average Bonchev–Trinajstić information content (AvgIpc) is 3.05. The molecular formula is C17H17N3O4. The van der Waals surface area contributed by atoms with E-state index in [0.717, 1.165) is 16.6 Å². The maximum atomic E-state index is 12.7. The molecule has 2 aromatic heterocycles. The van der Waals surface area contributed by atoms with E-state index in [9.17, 15) is 9.59 Å². The van der Waals surface area contributed by atoms with E-state index >= 15 is 0 Å². The molecule has 7 heteroatoms. The van der Waals surface area contributed by atoms with Crippen LogP contribution in [0, 0.1) is 13.8 Å². The van der Waals surface area contributed by atoms with Crippen molar-refractivity contribution in [2.75, 3.05) is 5.73 Å². The minimum atomic E-state index is -0.968. The molecule has 0 saturated carbocycles. The highest BCUT2D eigenvalue weighted by molar-refractivity contribution is 6.11. The number of fused-ring (bicyclic) bond motifs is 1. The summed E-state index contributed by atoms with van der Waals surface area (Å²) in [5, 5.41) is 4.40. The number of carbonyl (C=O) groups is 2. The summed E-state index contributed by atoms with van der Waals surface area (Å²) in [5.41, 5.74) is 8.03. The largest absolute Gasteiger partial charge is 0.450 e. The molecule has 124 valence electrons. The molecule has 7 nitrogen and oxygen atoms in total. The summed E-state index contributed by atoms with van der Waals surface area (Å²) in [5.74, 6) is -1.14. The monoisotopic (exact) mass is 327 g/mol. The fourth-order valence-electron chi connectivity index (χ4n) is 2.71. The van der Waals surface area contributed by atoms with E-state index in [-0.39, 0.29) is 17.2 Å². The van der Waals surface area contributed by atoms with E-state index < -0.39 is 12.1 Å². The van der Waals surface area contributed by atoms with Gasteiger partial charge in [0.25, 0.3) is 0 Å². The molecule has 0 amide bonds. The van der Waals surface area contributed by atoms with Crippen LogP contribution in [0.15, 0.2) is 28.8 Å². The number of carbonyl (C=O) groups excluding carboxylic acids is 2. The lowest BCUT2D eigenvalue weighted by molar-refractivity contribution is 0.0319. The van der Waals surface area contributed by atoms with E-state index in [1.165, 1.54) is 6.92 Å². The van der Waals surface area contributed by atoms with Gasteiger partial charge < -0.3 is 20.0 Å². The van der Waals surface area contributed by atoms with Gasteiger partial charge in [0.1, 0.15) is 5.56 Å². The van der Waals surface area contributed by atoms with Crippen LogP contribution in [0.2, 0.25) is 0 Å². The maximum Gasteiger partial charge on any atom is 0.346 e. The summed E-state index contributed by atoms with van der Waals surface area (Å²) in [6, 6.07) is 7.47. The molecule has 0 fully saturated rings. The number of benzene rings is 1. The fourth-order valence-corrected chi connectivity index (χ4v) is 2.71. The van der Waals surface area contributed by atoms with Crippen LogP contribution in [-0.2, 0) is 4.74 Å². The van der Waals surface area contributed by atoms with Gasteiger partial charge in [0.05, 0.1) is 5.69 Å². The number of rotatable bonds is 4. The van der Waals surface area contributed by atoms with Crippen LogP contribution >= 0.6 is 0 Å². The summed E-state index contributed by atoms with van der Waals surface area (Å²) in [6.07, 6.45) is -0.968. The Hall–Kier alpha value is -3.09. The molecule has 1 atom stereocenters. The summed E-state index contributed by atoms with van der Waals surface area (Å²) in [7, 11) is 0. The van der Waals surface area contributed by atoms with Gasteiger partial charge >= 0.3 is 5.97 Å². The number of anilines is 1. The molecule has 2 heterocycles. The Labute approximate surface area is 137 Å². The fraction of sp³-hybridized carbons (Fsp3) is 0.235. The van der Waals surface area contributed by atoms with Crippen molar-refractivity contribution in [2.45, 2.75) is 26.9 Å². The number of hydrogen-bond donors (Lipinski definition) is 2. The number of nitrogen functional groups attached to an aromatic ring is 1. The highest BCUT2D eigenvalue weighted by Crippen LogP contribution is 2.24. The Balaban J connectivity index is 1.87. The highest BCUT2D eigenvalue weighted by atomic mass is 16.5. The number of aryl methyl sites for hydroxylation is 2. The first-order chi connectivity index (χ1) is 11.4. The summed E-state index contributed by atoms with van der Waals surface area (Å²) in [4.78, 5) is 28.1. The van der Waals surface area contributed by atoms with Crippen LogP contribution in [-0.4, -0.2) is 28.0 Å². The SMILES string of the molecule is Cc1noc(N)c1C(=O)O[C@@H](C)C(=O)c1c(C)[nH]c2ccccc12. The third-order valence-corrected chi connectivity index (χ3v) is 3.89. The lowest BCUT2D eigenvalue weighted by atomic mass is 10.0. The minimum Gasteiger partial charge on any atom is -0.450 e. The molecule has 0 saturated heterocycles. The van der Waals surface area contributed by atoms with Crippen molar-refractivity contribution in [2.24, 2.45) is 0 Å². The Morgan fingerprint density at radius 3 is 2.62 bits per heavy atom. The van der Waals surface area contributed by atoms with Gasteiger partial charge in [-0.1, -0.05) is 23.4 Å². The first-order valence-electron chi connectivity index (χ1n) is 7.44. The van der Waals surface area contributed by atoms with E-state index in [4.69, 9.17) is 15.0 Å². The molecule has 3 rings (SSSR count). The van der Waals surface area contributed by atoms with Gasteiger partial charge in [-0.25, -0.2) is 4.79 Å². The third-order valence-electron chi connectivity index (χ3n) is 3.89. The van der Waals surface area contributed by atoms with Crippen molar-refractivity contribution in [3.8, 4) is 0 Å². The van der Waals surface area contributed by atoms with Gasteiger partial charge in [-0.15, -0.1) is 0 Å². The molecular weight excluding hydrogens is 310 g/mol. The van der Waals surface area contributed by atoms with Crippen molar-refractivity contribution in [1.82, 2.24) is 10.1 Å². The second-order valence-corrected chi connectivity index (χ2v) is 5.59. The molecule has 0 aliphatic heterocycles. The number of Topliss-reactive ketones (excluding diaryl/α,β-unsaturated/α-hetero) is 1. The molecule has 0 aliphatic rings. The number of nitrogens with zero attached hydrogens (tertiary/aromatic N) is 1. The molecule has 0 unspecified atom stereocenters. The Morgan fingerprint density at radius 2 is 1.96 bits per heavy atom. The summed E-state index contributed by atoms with van der Waals surface area (Å²) in [6.45, 7) is 4.91. The van der Waals surface area contributed by atoms with E-state index in [0.29, 0.717) is 11.3 Å². The number of ketones is 1. The van der Waals surface area contributed by atoms with Gasteiger partial charge in [0.2, 0.25) is 11.7 Å². The minimum absolute atomic E-state index is 0.0466. The number of nitrogens with two attached hydrogens (primary N) is 1. The van der Waals surface area contributed by atoms with Crippen LogP contribution < -0.4 is 5.73 Å². The van der Waals surface area contributed by atoms with Gasteiger partial charge in [-0.2, -0.15) is 0 Å². The van der Waals surface area contributed by atoms with Gasteiger partial charge in [-0.3, -0.25) is 4.79 Å². The number of para-hydroxylation sites is 1. The Kier molecular flexibility index (Phi) is 3.84. The zero-order valence-electron chi connectivity index (χ0n) is 13.5. The lowest BCUT2D eigenvalue weighted by Gasteiger charge is -2.12. The van der Waals surface area contributed by atoms with Crippen LogP contribution in [0.4, 0.5) is 5.88 Å². The van der Waals surface area contributed by atoms with Gasteiger partial charge in [0.15, 0.2) is 6.10 Å². The zero-order valence-corrected chi connectivity index (χ0v) is 13.5. The molecule has 0 spiro atoms. The maximum absolute atomic E-state index is 12.7. The van der Waals surface area contributed by atoms with Crippen LogP contribution in [0.5, 0.6) is 0 Å². The van der Waals surface area contributed by atoms with E-state index in [1.807, 2.05) is 31.2 Å². The number of ether oxygens (including phenoxy) is 1. The number of esters is 1. The zero-order chi connectivity index (χ0) is 17.4. The highest BCUT2D eigenvalue weighted by Gasteiger charge is 2.27. The molecule has 24 heavy (non-hydrogen) atoms. The Bertz CT molecular complexity index is 919. The molecule has 3 aromatic rings. The molecule has 0 bridgehead atoms. The van der Waals surface area contributed by atoms with E-state index in [2.05, 4.69) is 10.1 Å². The quantitative estimate of drug-likeness (QED) is 0.563. The predicted octanol–water partition coefficient (Wildman–Crippen LogP) is 2.78. The molecule has 3 N–H and O–H groups in total. The number of aromatic amines is 1. The van der Waals surface area contributed by atoms with Crippen LogP contribution in [0.3, 0.4) is 0 Å². The van der Waals surface area contributed by atoms with Crippen LogP contribution in [0.1, 0.15) is 39.0 Å². The smallest absolute Gasteiger partial charge is 0.346 e. The molecule has 1 aromatic carbocycles. The normalized spacial score (nSPS) is 12.3. The topological polar surface area (TPSA) is 111 Å². The number of nitrogens with one attached hydrogen (secondary N) is 1. The molecule has 0 aliphatic carbocycles. The average molecular weight is 327 g/mol. The van der Waals surface area contributed by atoms with Gasteiger partial charge in [-0.05, 0) is 26.8 Å². The number of aromatic nitrogens is 2. The van der Waals surface area contributed by atoms with Gasteiger partial charge in [0, 0.05) is 22.2 Å². The third kappa shape index (κ3) is 2.54. The first kappa shape index (κ1) is 15.8. The van der Waals surface area contributed by atoms with Crippen LogP contribution in [0.25, 0.3) is 10.9 Å². The van der Waals surface area contributed by atoms with E-state index in [1.54, 1.807) is 6.92 Å². The first-order valence-corrected chi connectivity index (χ1v) is 7.44. The standard InChI is InChI=1S/C17H17N3O4/c1-8-13(11-6-4-5-7-12(11)19-8)15(21)10(3)23-17(22)14-9(2)20-24-16(14)18/h4-7,10,19H,18H2,1-3H3/t10-/m0/s1. The van der Waals surface area contributed by atoms with Crippen molar-refractivity contribution in [3.05, 3.63) is 46.8 Å². The van der Waals surface area contributed by atoms with Crippen molar-refractivity contribution < 1.29 is 18.8 Å². The Morgan fingerprint density at radius 1 is 1.25 bits per heavy atom. The van der Waals surface area contributed by atoms with Crippen molar-refractivity contribution in [3.63, 3.8) is 0 Å². The number of hydrogen-bond acceptors (Lipinski definition) is 6. The molecule has 0 radical (unpaired) electrons. The summed E-state index contributed by atoms with van der Waals surface area (Å²) >= 11 is 0.